The first kappa shape index (κ1) is 17.0. The van der Waals surface area contributed by atoms with E-state index in [-0.39, 0.29) is 16.8 Å². The third kappa shape index (κ3) is 4.82. The summed E-state index contributed by atoms with van der Waals surface area (Å²) in [6.45, 7) is 3.75. The van der Waals surface area contributed by atoms with E-state index in [0.29, 0.717) is 12.8 Å². The molecule has 0 radical (unpaired) electrons. The Morgan fingerprint density at radius 1 is 1.36 bits per heavy atom. The van der Waals surface area contributed by atoms with Gasteiger partial charge in [0.2, 0.25) is 0 Å². The van der Waals surface area contributed by atoms with Gasteiger partial charge in [0.15, 0.2) is 0 Å². The summed E-state index contributed by atoms with van der Waals surface area (Å²) in [5, 5.41) is 34.1. The first-order valence-corrected chi connectivity index (χ1v) is 6.37. The maximum absolute atomic E-state index is 11.0. The second-order valence-corrected chi connectivity index (χ2v) is 5.23. The van der Waals surface area contributed by atoms with Gasteiger partial charge in [-0.25, -0.2) is 0 Å². The van der Waals surface area contributed by atoms with Crippen molar-refractivity contribution in [1.29, 1.82) is 5.26 Å². The van der Waals surface area contributed by atoms with Crippen LogP contribution in [0.5, 0.6) is 0 Å². The molecule has 0 heterocycles. The quantitative estimate of drug-likeness (QED) is 0.466. The minimum absolute atomic E-state index is 0.0583. The Hall–Kier alpha value is -3.02. The van der Waals surface area contributed by atoms with Gasteiger partial charge in [-0.15, -0.1) is 0 Å². The lowest BCUT2D eigenvalue weighted by molar-refractivity contribution is -0.393. The van der Waals surface area contributed by atoms with E-state index < -0.39 is 15.5 Å². The Morgan fingerprint density at radius 2 is 2.05 bits per heavy atom. The highest BCUT2D eigenvalue weighted by molar-refractivity contribution is 5.69. The van der Waals surface area contributed by atoms with Gasteiger partial charge in [-0.3, -0.25) is 25.7 Å². The number of hydrazone groups is 1. The van der Waals surface area contributed by atoms with Crippen molar-refractivity contribution in [2.24, 2.45) is 10.5 Å². The lowest BCUT2D eigenvalue weighted by atomic mass is 9.90. The van der Waals surface area contributed by atoms with E-state index in [0.717, 1.165) is 12.1 Å². The van der Waals surface area contributed by atoms with Crippen molar-refractivity contribution in [3.63, 3.8) is 0 Å². The maximum atomic E-state index is 11.0. The summed E-state index contributed by atoms with van der Waals surface area (Å²) >= 11 is 0. The summed E-state index contributed by atoms with van der Waals surface area (Å²) in [4.78, 5) is 20.2. The molecule has 1 rings (SSSR count). The Kier molecular flexibility index (Phi) is 5.51. The summed E-state index contributed by atoms with van der Waals surface area (Å²) in [6, 6.07) is 5.30. The van der Waals surface area contributed by atoms with Crippen molar-refractivity contribution in [1.82, 2.24) is 0 Å². The number of nitro benzene ring substituents is 2. The second-order valence-electron chi connectivity index (χ2n) is 5.23. The highest BCUT2D eigenvalue weighted by Gasteiger charge is 2.19. The Labute approximate surface area is 126 Å². The van der Waals surface area contributed by atoms with Crippen LogP contribution in [-0.2, 0) is 0 Å². The first-order valence-electron chi connectivity index (χ1n) is 6.37. The molecule has 0 saturated carbocycles. The molecule has 0 aromatic heterocycles. The zero-order chi connectivity index (χ0) is 16.8. The topological polar surface area (TPSA) is 134 Å². The van der Waals surface area contributed by atoms with E-state index in [1.54, 1.807) is 6.21 Å². The molecule has 22 heavy (non-hydrogen) atoms. The van der Waals surface area contributed by atoms with Gasteiger partial charge < -0.3 is 0 Å². The number of rotatable bonds is 7. The van der Waals surface area contributed by atoms with E-state index in [4.69, 9.17) is 5.26 Å². The minimum atomic E-state index is -0.717. The molecule has 9 nitrogen and oxygen atoms in total. The van der Waals surface area contributed by atoms with Crippen LogP contribution in [0, 0.1) is 37.0 Å². The number of nitrogens with zero attached hydrogens (tertiary/aromatic N) is 4. The second kappa shape index (κ2) is 7.12. The molecule has 0 aliphatic rings. The van der Waals surface area contributed by atoms with Crippen LogP contribution in [0.1, 0.15) is 26.7 Å². The van der Waals surface area contributed by atoms with Crippen LogP contribution in [0.3, 0.4) is 0 Å². The molecule has 0 fully saturated rings. The largest absolute Gasteiger partial charge is 0.301 e. The smallest absolute Gasteiger partial charge is 0.272 e. The normalized spacial score (nSPS) is 11.1. The highest BCUT2D eigenvalue weighted by atomic mass is 16.6. The van der Waals surface area contributed by atoms with Crippen LogP contribution < -0.4 is 5.43 Å². The first-order chi connectivity index (χ1) is 10.3. The molecule has 0 saturated heterocycles. The van der Waals surface area contributed by atoms with Crippen molar-refractivity contribution in [2.75, 3.05) is 5.43 Å². The number of benzene rings is 1. The summed E-state index contributed by atoms with van der Waals surface area (Å²) in [5.74, 6) is 0. The van der Waals surface area contributed by atoms with Gasteiger partial charge in [0.1, 0.15) is 5.69 Å². The van der Waals surface area contributed by atoms with Crippen LogP contribution in [0.2, 0.25) is 0 Å². The average molecular weight is 305 g/mol. The molecular weight excluding hydrogens is 290 g/mol. The van der Waals surface area contributed by atoms with Crippen LogP contribution in [-0.4, -0.2) is 16.1 Å². The predicted molar refractivity (Wildman–Crippen MR) is 80.5 cm³/mol. The number of nitro groups is 2. The van der Waals surface area contributed by atoms with Crippen LogP contribution in [0.15, 0.2) is 23.3 Å². The molecule has 0 bridgehead atoms. The monoisotopic (exact) mass is 305 g/mol. The summed E-state index contributed by atoms with van der Waals surface area (Å²) in [6.07, 6.45) is 2.52. The molecular formula is C13H15N5O4. The van der Waals surface area contributed by atoms with Gasteiger partial charge in [-0.05, 0) is 12.5 Å². The molecule has 116 valence electrons. The molecule has 1 aromatic rings. The van der Waals surface area contributed by atoms with E-state index in [2.05, 4.69) is 10.5 Å². The zero-order valence-corrected chi connectivity index (χ0v) is 12.1. The van der Waals surface area contributed by atoms with Crippen molar-refractivity contribution in [3.05, 3.63) is 38.4 Å². The molecule has 0 aliphatic heterocycles. The number of non-ortho nitro benzene ring substituents is 1. The third-order valence-corrected chi connectivity index (χ3v) is 2.87. The van der Waals surface area contributed by atoms with Crippen molar-refractivity contribution >= 4 is 23.3 Å². The lowest BCUT2D eigenvalue weighted by Crippen LogP contribution is -2.13. The van der Waals surface area contributed by atoms with E-state index in [9.17, 15) is 20.2 Å². The molecule has 1 aromatic carbocycles. The molecule has 0 amide bonds. The standard InChI is InChI=1S/C13H15N5O4/c1-13(2,6-3-7-14)9-15-16-11-5-4-10(17(19)20)8-12(11)18(21)22/h4-5,8-9,16H,3,6H2,1-2H3. The average Bonchev–Trinajstić information content (AvgIpc) is 2.44. The van der Waals surface area contributed by atoms with E-state index in [1.165, 1.54) is 6.07 Å². The number of anilines is 1. The highest BCUT2D eigenvalue weighted by Crippen LogP contribution is 2.29. The molecule has 0 atom stereocenters. The van der Waals surface area contributed by atoms with Crippen LogP contribution in [0.25, 0.3) is 0 Å². The molecule has 0 aliphatic carbocycles. The summed E-state index contributed by atoms with van der Waals surface area (Å²) < 4.78 is 0. The molecule has 0 spiro atoms. The number of hydrogen-bond donors (Lipinski definition) is 1. The van der Waals surface area contributed by atoms with E-state index >= 15 is 0 Å². The predicted octanol–water partition coefficient (Wildman–Crippen LogP) is 3.23. The molecule has 1 N–H and O–H groups in total. The molecule has 0 unspecified atom stereocenters. The Balaban J connectivity index is 2.92. The maximum Gasteiger partial charge on any atom is 0.301 e. The van der Waals surface area contributed by atoms with Crippen molar-refractivity contribution < 1.29 is 9.85 Å². The Morgan fingerprint density at radius 3 is 2.59 bits per heavy atom. The van der Waals surface area contributed by atoms with Crippen molar-refractivity contribution in [2.45, 2.75) is 26.7 Å². The fourth-order valence-electron chi connectivity index (χ4n) is 1.60. The number of nitriles is 1. The third-order valence-electron chi connectivity index (χ3n) is 2.87. The number of nitrogens with one attached hydrogen (secondary N) is 1. The lowest BCUT2D eigenvalue weighted by Gasteiger charge is -2.16. The van der Waals surface area contributed by atoms with Gasteiger partial charge in [0, 0.05) is 24.1 Å². The molecule has 9 heteroatoms. The van der Waals surface area contributed by atoms with Crippen LogP contribution >= 0.6 is 0 Å². The fraction of sp³-hybridized carbons (Fsp3) is 0.385. The van der Waals surface area contributed by atoms with Gasteiger partial charge in [-0.1, -0.05) is 13.8 Å². The zero-order valence-electron chi connectivity index (χ0n) is 12.1. The summed E-state index contributed by atoms with van der Waals surface area (Å²) in [5.41, 5.74) is 1.43. The van der Waals surface area contributed by atoms with Gasteiger partial charge in [0.05, 0.1) is 22.0 Å². The van der Waals surface area contributed by atoms with Gasteiger partial charge in [-0.2, -0.15) is 10.4 Å². The van der Waals surface area contributed by atoms with E-state index in [1.807, 2.05) is 19.9 Å². The summed E-state index contributed by atoms with van der Waals surface area (Å²) in [7, 11) is 0. The van der Waals surface area contributed by atoms with Gasteiger partial charge >= 0.3 is 5.69 Å². The minimum Gasteiger partial charge on any atom is -0.272 e. The van der Waals surface area contributed by atoms with Crippen molar-refractivity contribution in [3.8, 4) is 6.07 Å². The Bertz CT molecular complexity index is 648. The van der Waals surface area contributed by atoms with Crippen LogP contribution in [0.4, 0.5) is 17.1 Å². The number of hydrogen-bond acceptors (Lipinski definition) is 7. The van der Waals surface area contributed by atoms with Gasteiger partial charge in [0.25, 0.3) is 5.69 Å². The fourth-order valence-corrected chi connectivity index (χ4v) is 1.60. The SMILES string of the molecule is CC(C)(C=NNc1ccc([N+](=O)[O-])cc1[N+](=O)[O-])CCC#N.